The van der Waals surface area contributed by atoms with Crippen molar-refractivity contribution >= 4 is 34.4 Å². The van der Waals surface area contributed by atoms with Crippen LogP contribution in [0.25, 0.3) is 10.9 Å². The van der Waals surface area contributed by atoms with Crippen LogP contribution in [0.1, 0.15) is 39.3 Å². The van der Waals surface area contributed by atoms with E-state index in [4.69, 9.17) is 14.1 Å². The van der Waals surface area contributed by atoms with Gasteiger partial charge < -0.3 is 14.5 Å². The Kier molecular flexibility index (Phi) is 7.29. The van der Waals surface area contributed by atoms with Crippen molar-refractivity contribution < 1.29 is 18.7 Å². The topological polar surface area (TPSA) is 103 Å². The predicted octanol–water partition coefficient (Wildman–Crippen LogP) is 3.92. The van der Waals surface area contributed by atoms with Gasteiger partial charge in [-0.15, -0.1) is 0 Å². The molecular weight excluding hydrogens is 478 g/mol. The zero-order valence-electron chi connectivity index (χ0n) is 19.5. The Morgan fingerprint density at radius 2 is 1.94 bits per heavy atom. The number of nitrogens with zero attached hydrogens (tertiary/aromatic N) is 2. The molecule has 1 N–H and O–H groups in total. The number of amides is 1. The predicted molar refractivity (Wildman–Crippen MR) is 137 cm³/mol. The van der Waals surface area contributed by atoms with Gasteiger partial charge in [0.05, 0.1) is 35.6 Å². The largest absolute Gasteiger partial charge is 0.467 e. The number of thioether (sulfide) groups is 1. The van der Waals surface area contributed by atoms with Gasteiger partial charge in [0.25, 0.3) is 11.5 Å². The summed E-state index contributed by atoms with van der Waals surface area (Å²) in [7, 11) is 0. The standard InChI is InChI=1S/C27H25N3O5S/c31-24(18-6-2-1-3-7-18)17-36-27-29-23-14-19(25(32)28-15-20-8-4-12-34-20)10-11-22(23)26(33)30(27)16-21-9-5-13-35-21/h1-3,5-7,9-11,13-14,20H,4,8,12,15-17H2,(H,28,32). The lowest BCUT2D eigenvalue weighted by atomic mass is 10.1. The molecule has 2 aromatic heterocycles. The molecule has 0 saturated carbocycles. The van der Waals surface area contributed by atoms with E-state index in [1.807, 2.05) is 18.2 Å². The maximum absolute atomic E-state index is 13.4. The van der Waals surface area contributed by atoms with Gasteiger partial charge in [-0.05, 0) is 43.2 Å². The normalized spacial score (nSPS) is 15.3. The first-order valence-electron chi connectivity index (χ1n) is 11.8. The number of rotatable bonds is 9. The van der Waals surface area contributed by atoms with Gasteiger partial charge in [-0.3, -0.25) is 19.0 Å². The van der Waals surface area contributed by atoms with Crippen molar-refractivity contribution in [1.29, 1.82) is 0 Å². The van der Waals surface area contributed by atoms with E-state index in [1.165, 1.54) is 16.3 Å². The third kappa shape index (κ3) is 5.42. The summed E-state index contributed by atoms with van der Waals surface area (Å²) in [5, 5.41) is 3.66. The molecule has 1 unspecified atom stereocenters. The SMILES string of the molecule is O=C(CSc1nc2cc(C(=O)NCC3CCCO3)ccc2c(=O)n1Cc1ccco1)c1ccccc1. The van der Waals surface area contributed by atoms with Gasteiger partial charge in [0.15, 0.2) is 10.9 Å². The van der Waals surface area contributed by atoms with Gasteiger partial charge in [0, 0.05) is 24.3 Å². The van der Waals surface area contributed by atoms with Crippen LogP contribution in [0.15, 0.2) is 81.3 Å². The lowest BCUT2D eigenvalue weighted by Crippen LogP contribution is -2.31. The fraction of sp³-hybridized carbons (Fsp3) is 0.259. The second-order valence-electron chi connectivity index (χ2n) is 8.52. The highest BCUT2D eigenvalue weighted by atomic mass is 32.2. The molecule has 1 atom stereocenters. The van der Waals surface area contributed by atoms with Crippen LogP contribution in [0.4, 0.5) is 0 Å². The average molecular weight is 504 g/mol. The zero-order chi connectivity index (χ0) is 24.9. The van der Waals surface area contributed by atoms with Crippen molar-refractivity contribution in [2.24, 2.45) is 0 Å². The highest BCUT2D eigenvalue weighted by molar-refractivity contribution is 7.99. The summed E-state index contributed by atoms with van der Waals surface area (Å²) in [5.41, 5.74) is 1.14. The summed E-state index contributed by atoms with van der Waals surface area (Å²) in [5.74, 6) is 0.394. The smallest absolute Gasteiger partial charge is 0.262 e. The molecule has 2 aromatic carbocycles. The lowest BCUT2D eigenvalue weighted by Gasteiger charge is -2.13. The Balaban J connectivity index is 1.44. The number of fused-ring (bicyclic) bond motifs is 1. The second-order valence-corrected chi connectivity index (χ2v) is 9.46. The van der Waals surface area contributed by atoms with E-state index in [9.17, 15) is 14.4 Å². The molecule has 4 aromatic rings. The summed E-state index contributed by atoms with van der Waals surface area (Å²) < 4.78 is 12.5. The van der Waals surface area contributed by atoms with Crippen LogP contribution < -0.4 is 10.9 Å². The number of furan rings is 1. The molecule has 9 heteroatoms. The van der Waals surface area contributed by atoms with E-state index >= 15 is 0 Å². The molecule has 1 aliphatic heterocycles. The van der Waals surface area contributed by atoms with Crippen molar-refractivity contribution in [3.05, 3.63) is 94.2 Å². The van der Waals surface area contributed by atoms with E-state index in [1.54, 1.807) is 48.7 Å². The lowest BCUT2D eigenvalue weighted by molar-refractivity contribution is 0.0857. The number of ketones is 1. The molecule has 0 spiro atoms. The molecule has 1 saturated heterocycles. The van der Waals surface area contributed by atoms with Crippen LogP contribution in [0, 0.1) is 0 Å². The van der Waals surface area contributed by atoms with E-state index in [-0.39, 0.29) is 35.7 Å². The number of carbonyl (C=O) groups excluding carboxylic acids is 2. The highest BCUT2D eigenvalue weighted by Gasteiger charge is 2.19. The number of nitrogens with one attached hydrogen (secondary N) is 1. The first-order valence-corrected chi connectivity index (χ1v) is 12.7. The molecule has 1 amide bonds. The molecule has 1 fully saturated rings. The Morgan fingerprint density at radius 1 is 1.08 bits per heavy atom. The molecule has 184 valence electrons. The molecule has 36 heavy (non-hydrogen) atoms. The van der Waals surface area contributed by atoms with E-state index in [0.29, 0.717) is 39.5 Å². The van der Waals surface area contributed by atoms with Crippen LogP contribution in [0.2, 0.25) is 0 Å². The second kappa shape index (κ2) is 10.9. The summed E-state index contributed by atoms with van der Waals surface area (Å²) in [6.07, 6.45) is 3.50. The molecule has 3 heterocycles. The van der Waals surface area contributed by atoms with E-state index in [0.717, 1.165) is 19.4 Å². The van der Waals surface area contributed by atoms with E-state index < -0.39 is 0 Å². The molecule has 5 rings (SSSR count). The number of carbonyl (C=O) groups is 2. The van der Waals surface area contributed by atoms with Gasteiger partial charge in [-0.1, -0.05) is 42.1 Å². The van der Waals surface area contributed by atoms with Crippen LogP contribution in [0.5, 0.6) is 0 Å². The van der Waals surface area contributed by atoms with Crippen LogP contribution in [-0.4, -0.2) is 46.2 Å². The monoisotopic (exact) mass is 503 g/mol. The van der Waals surface area contributed by atoms with Crippen molar-refractivity contribution in [3.63, 3.8) is 0 Å². The minimum atomic E-state index is -0.266. The zero-order valence-corrected chi connectivity index (χ0v) is 20.3. The molecule has 0 radical (unpaired) electrons. The number of aromatic nitrogens is 2. The van der Waals surface area contributed by atoms with Crippen molar-refractivity contribution in [3.8, 4) is 0 Å². The van der Waals surface area contributed by atoms with Crippen LogP contribution in [0.3, 0.4) is 0 Å². The van der Waals surface area contributed by atoms with Gasteiger partial charge in [-0.25, -0.2) is 4.98 Å². The minimum absolute atomic E-state index is 0.0338. The summed E-state index contributed by atoms with van der Waals surface area (Å²) in [6.45, 7) is 1.34. The number of benzene rings is 2. The van der Waals surface area contributed by atoms with Crippen LogP contribution >= 0.6 is 11.8 Å². The van der Waals surface area contributed by atoms with E-state index in [2.05, 4.69) is 5.32 Å². The van der Waals surface area contributed by atoms with Gasteiger partial charge in [0.2, 0.25) is 0 Å². The summed E-state index contributed by atoms with van der Waals surface area (Å²) >= 11 is 1.19. The third-order valence-electron chi connectivity index (χ3n) is 6.02. The maximum atomic E-state index is 13.4. The number of hydrogen-bond acceptors (Lipinski definition) is 7. The maximum Gasteiger partial charge on any atom is 0.262 e. The van der Waals surface area contributed by atoms with Crippen molar-refractivity contribution in [1.82, 2.24) is 14.9 Å². The molecule has 8 nitrogen and oxygen atoms in total. The quantitative estimate of drug-likeness (QED) is 0.210. The van der Waals surface area contributed by atoms with Crippen molar-refractivity contribution in [2.45, 2.75) is 30.6 Å². The van der Waals surface area contributed by atoms with Gasteiger partial charge >= 0.3 is 0 Å². The number of hydrogen-bond donors (Lipinski definition) is 1. The number of Topliss-reactive ketones (excluding diaryl/α,β-unsaturated/α-hetero) is 1. The Bertz CT molecular complexity index is 1430. The van der Waals surface area contributed by atoms with Gasteiger partial charge in [-0.2, -0.15) is 0 Å². The Labute approximate surface area is 211 Å². The molecule has 0 bridgehead atoms. The molecule has 1 aliphatic rings. The fourth-order valence-electron chi connectivity index (χ4n) is 4.10. The van der Waals surface area contributed by atoms with Gasteiger partial charge in [0.1, 0.15) is 5.76 Å². The first kappa shape index (κ1) is 24.0. The average Bonchev–Trinajstić information content (AvgIpc) is 3.62. The first-order chi connectivity index (χ1) is 17.6. The Hall–Kier alpha value is -3.69. The van der Waals surface area contributed by atoms with Crippen LogP contribution in [-0.2, 0) is 11.3 Å². The molecule has 0 aliphatic carbocycles. The highest BCUT2D eigenvalue weighted by Crippen LogP contribution is 2.21. The number of ether oxygens (including phenoxy) is 1. The summed E-state index contributed by atoms with van der Waals surface area (Å²) in [4.78, 5) is 43.6. The summed E-state index contributed by atoms with van der Waals surface area (Å²) in [6, 6.07) is 17.4. The van der Waals surface area contributed by atoms with Crippen molar-refractivity contribution in [2.75, 3.05) is 18.9 Å². The molecular formula is C27H25N3O5S. The minimum Gasteiger partial charge on any atom is -0.467 e. The Morgan fingerprint density at radius 3 is 2.69 bits per heavy atom. The third-order valence-corrected chi connectivity index (χ3v) is 7.00. The fourth-order valence-corrected chi connectivity index (χ4v) is 4.99.